The number of aromatic nitrogens is 1. The lowest BCUT2D eigenvalue weighted by Gasteiger charge is -1.91. The molecule has 74 valence electrons. The molecule has 3 heteroatoms. The number of rotatable bonds is 0. The number of aryl methyl sites for hydroxylation is 1. The fourth-order valence-electron chi connectivity index (χ4n) is 1.89. The Kier molecular flexibility index (Phi) is 1.51. The average molecular weight is 199 g/mol. The van der Waals surface area contributed by atoms with Gasteiger partial charge in [0, 0.05) is 17.0 Å². The van der Waals surface area contributed by atoms with Crippen LogP contribution in [0.5, 0.6) is 0 Å². The van der Waals surface area contributed by atoms with E-state index in [1.807, 2.05) is 24.3 Å². The van der Waals surface area contributed by atoms with Gasteiger partial charge in [0.15, 0.2) is 5.43 Å². The Bertz CT molecular complexity index is 706. The van der Waals surface area contributed by atoms with Crippen LogP contribution >= 0.6 is 0 Å². The van der Waals surface area contributed by atoms with Gasteiger partial charge in [0.25, 0.3) is 0 Å². The van der Waals surface area contributed by atoms with Crippen LogP contribution < -0.4 is 5.43 Å². The van der Waals surface area contributed by atoms with E-state index >= 15 is 0 Å². The Morgan fingerprint density at radius 1 is 1.27 bits per heavy atom. The van der Waals surface area contributed by atoms with Crippen molar-refractivity contribution in [2.45, 2.75) is 6.92 Å². The third-order valence-corrected chi connectivity index (χ3v) is 2.52. The zero-order valence-corrected chi connectivity index (χ0v) is 8.20. The highest BCUT2D eigenvalue weighted by atomic mass is 16.3. The highest BCUT2D eigenvalue weighted by Gasteiger charge is 2.09. The van der Waals surface area contributed by atoms with E-state index in [9.17, 15) is 4.79 Å². The molecule has 0 saturated heterocycles. The van der Waals surface area contributed by atoms with E-state index in [2.05, 4.69) is 4.98 Å². The number of hydrogen-bond donors (Lipinski definition) is 1. The molecule has 0 bridgehead atoms. The quantitative estimate of drug-likeness (QED) is 0.604. The number of para-hydroxylation sites is 1. The van der Waals surface area contributed by atoms with Gasteiger partial charge < -0.3 is 9.40 Å². The van der Waals surface area contributed by atoms with Crippen LogP contribution in [0.2, 0.25) is 0 Å². The second kappa shape index (κ2) is 2.73. The SMILES string of the molecule is Cc1cc(=O)c2c([nH]c3ccccc32)o1. The first-order chi connectivity index (χ1) is 7.25. The first kappa shape index (κ1) is 8.29. The minimum atomic E-state index is 0.00574. The molecule has 0 aliphatic rings. The number of H-pyrrole nitrogens is 1. The van der Waals surface area contributed by atoms with Crippen molar-refractivity contribution in [3.63, 3.8) is 0 Å². The van der Waals surface area contributed by atoms with Gasteiger partial charge in [-0.05, 0) is 13.0 Å². The largest absolute Gasteiger partial charge is 0.445 e. The smallest absolute Gasteiger partial charge is 0.209 e. The summed E-state index contributed by atoms with van der Waals surface area (Å²) < 4.78 is 5.47. The third kappa shape index (κ3) is 1.09. The van der Waals surface area contributed by atoms with E-state index in [0.29, 0.717) is 16.9 Å². The molecule has 2 heterocycles. The number of hydrogen-bond acceptors (Lipinski definition) is 2. The van der Waals surface area contributed by atoms with E-state index in [1.165, 1.54) is 6.07 Å². The third-order valence-electron chi connectivity index (χ3n) is 2.52. The van der Waals surface area contributed by atoms with Crippen molar-refractivity contribution in [3.05, 3.63) is 46.3 Å². The van der Waals surface area contributed by atoms with Crippen LogP contribution in [0.3, 0.4) is 0 Å². The first-order valence-corrected chi connectivity index (χ1v) is 4.77. The molecule has 3 nitrogen and oxygen atoms in total. The molecule has 0 atom stereocenters. The number of benzene rings is 1. The van der Waals surface area contributed by atoms with Crippen molar-refractivity contribution in [1.29, 1.82) is 0 Å². The van der Waals surface area contributed by atoms with Gasteiger partial charge >= 0.3 is 0 Å². The fourth-order valence-corrected chi connectivity index (χ4v) is 1.89. The standard InChI is InChI=1S/C12H9NO2/c1-7-6-10(14)11-8-4-2-3-5-9(8)13-12(11)15-7/h2-6,13H,1H3. The molecule has 0 saturated carbocycles. The molecular weight excluding hydrogens is 190 g/mol. The summed E-state index contributed by atoms with van der Waals surface area (Å²) in [7, 11) is 0. The van der Waals surface area contributed by atoms with Crippen molar-refractivity contribution >= 4 is 22.0 Å². The average Bonchev–Trinajstić information content (AvgIpc) is 2.54. The predicted molar refractivity (Wildman–Crippen MR) is 59.1 cm³/mol. The van der Waals surface area contributed by atoms with Gasteiger partial charge in [-0.15, -0.1) is 0 Å². The van der Waals surface area contributed by atoms with E-state index in [1.54, 1.807) is 6.92 Å². The topological polar surface area (TPSA) is 46.0 Å². The van der Waals surface area contributed by atoms with Crippen molar-refractivity contribution in [2.75, 3.05) is 0 Å². The minimum Gasteiger partial charge on any atom is -0.445 e. The van der Waals surface area contributed by atoms with Crippen LogP contribution in [0.1, 0.15) is 5.76 Å². The molecule has 0 spiro atoms. The van der Waals surface area contributed by atoms with Crippen LogP contribution in [-0.4, -0.2) is 4.98 Å². The summed E-state index contributed by atoms with van der Waals surface area (Å²) in [6.45, 7) is 1.77. The zero-order valence-electron chi connectivity index (χ0n) is 8.20. The number of fused-ring (bicyclic) bond motifs is 3. The normalized spacial score (nSPS) is 11.3. The molecule has 15 heavy (non-hydrogen) atoms. The lowest BCUT2D eigenvalue weighted by Crippen LogP contribution is -1.98. The van der Waals surface area contributed by atoms with Gasteiger partial charge in [0.05, 0.1) is 5.39 Å². The minimum absolute atomic E-state index is 0.00574. The van der Waals surface area contributed by atoms with Gasteiger partial charge in [-0.25, -0.2) is 0 Å². The summed E-state index contributed by atoms with van der Waals surface area (Å²) >= 11 is 0. The maximum Gasteiger partial charge on any atom is 0.209 e. The zero-order chi connectivity index (χ0) is 10.4. The molecule has 1 aromatic carbocycles. The van der Waals surface area contributed by atoms with Crippen molar-refractivity contribution in [2.24, 2.45) is 0 Å². The van der Waals surface area contributed by atoms with Gasteiger partial charge in [0.1, 0.15) is 5.76 Å². The number of aromatic amines is 1. The highest BCUT2D eigenvalue weighted by molar-refractivity contribution is 6.04. The summed E-state index contributed by atoms with van der Waals surface area (Å²) in [6, 6.07) is 9.20. The Hall–Kier alpha value is -2.03. The van der Waals surface area contributed by atoms with Crippen LogP contribution in [0.4, 0.5) is 0 Å². The summed E-state index contributed by atoms with van der Waals surface area (Å²) in [5.74, 6) is 0.624. The highest BCUT2D eigenvalue weighted by Crippen LogP contribution is 2.22. The Morgan fingerprint density at radius 3 is 2.93 bits per heavy atom. The predicted octanol–water partition coefficient (Wildman–Crippen LogP) is 2.58. The molecule has 0 aliphatic heterocycles. The van der Waals surface area contributed by atoms with Gasteiger partial charge in [0.2, 0.25) is 5.71 Å². The monoisotopic (exact) mass is 199 g/mol. The lowest BCUT2D eigenvalue weighted by atomic mass is 10.2. The van der Waals surface area contributed by atoms with E-state index in [4.69, 9.17) is 4.42 Å². The summed E-state index contributed by atoms with van der Waals surface area (Å²) in [6.07, 6.45) is 0. The van der Waals surface area contributed by atoms with Gasteiger partial charge in [-0.3, -0.25) is 4.79 Å². The molecule has 0 unspecified atom stereocenters. The van der Waals surface area contributed by atoms with Crippen molar-refractivity contribution in [3.8, 4) is 0 Å². The molecule has 3 aromatic rings. The van der Waals surface area contributed by atoms with Crippen molar-refractivity contribution in [1.82, 2.24) is 4.98 Å². The summed E-state index contributed by atoms with van der Waals surface area (Å²) in [4.78, 5) is 14.9. The molecular formula is C12H9NO2. The van der Waals surface area contributed by atoms with Crippen LogP contribution in [0.25, 0.3) is 22.0 Å². The Balaban J connectivity index is 2.67. The van der Waals surface area contributed by atoms with Crippen LogP contribution in [0, 0.1) is 6.92 Å². The van der Waals surface area contributed by atoms with Crippen LogP contribution in [0.15, 0.2) is 39.5 Å². The summed E-state index contributed by atoms with van der Waals surface area (Å²) in [5, 5.41) is 1.55. The van der Waals surface area contributed by atoms with Gasteiger partial charge in [-0.2, -0.15) is 0 Å². The number of nitrogens with one attached hydrogen (secondary N) is 1. The van der Waals surface area contributed by atoms with Crippen molar-refractivity contribution < 1.29 is 4.42 Å². The second-order valence-electron chi connectivity index (χ2n) is 3.60. The molecule has 0 amide bonds. The van der Waals surface area contributed by atoms with Crippen LogP contribution in [-0.2, 0) is 0 Å². The molecule has 0 aliphatic carbocycles. The maximum atomic E-state index is 11.8. The van der Waals surface area contributed by atoms with E-state index in [0.717, 1.165) is 10.9 Å². The Labute approximate surface area is 85.3 Å². The maximum absolute atomic E-state index is 11.8. The fraction of sp³-hybridized carbons (Fsp3) is 0.0833. The summed E-state index contributed by atoms with van der Waals surface area (Å²) in [5.41, 5.74) is 1.49. The second-order valence-corrected chi connectivity index (χ2v) is 3.60. The Morgan fingerprint density at radius 2 is 2.07 bits per heavy atom. The van der Waals surface area contributed by atoms with Gasteiger partial charge in [-0.1, -0.05) is 18.2 Å². The molecule has 0 fully saturated rings. The molecule has 3 rings (SSSR count). The first-order valence-electron chi connectivity index (χ1n) is 4.77. The molecule has 1 N–H and O–H groups in total. The molecule has 2 aromatic heterocycles. The molecule has 0 radical (unpaired) electrons. The van der Waals surface area contributed by atoms with E-state index in [-0.39, 0.29) is 5.43 Å². The lowest BCUT2D eigenvalue weighted by molar-refractivity contribution is 0.556. The van der Waals surface area contributed by atoms with E-state index < -0.39 is 0 Å².